The fourth-order valence-electron chi connectivity index (χ4n) is 1.47. The van der Waals surface area contributed by atoms with Gasteiger partial charge in [0.2, 0.25) is 17.4 Å². The molecular formula is C12H12ClNO5S. The van der Waals surface area contributed by atoms with Gasteiger partial charge in [-0.05, 0) is 19.1 Å². The zero-order valence-electron chi connectivity index (χ0n) is 11.4. The van der Waals surface area contributed by atoms with Gasteiger partial charge in [-0.25, -0.2) is 0 Å². The maximum atomic E-state index is 12.2. The Morgan fingerprint density at radius 1 is 1.45 bits per heavy atom. The molecule has 0 aliphatic carbocycles. The first-order valence-electron chi connectivity index (χ1n) is 6.11. The van der Waals surface area contributed by atoms with Gasteiger partial charge >= 0.3 is 10.1 Å². The molecule has 1 atom stereocenters. The molecule has 1 aliphatic heterocycles. The van der Waals surface area contributed by atoms with Gasteiger partial charge in [0.15, 0.2) is 6.08 Å². The number of ether oxygens (including phenoxy) is 1. The number of Topliss-reactive ketones (excluding diaryl/α,β-unsaturated/α-hetero) is 1. The molecule has 1 heterocycles. The van der Waals surface area contributed by atoms with Crippen molar-refractivity contribution in [2.75, 3.05) is 5.75 Å². The van der Waals surface area contributed by atoms with Gasteiger partial charge < -0.3 is 14.7 Å². The van der Waals surface area contributed by atoms with Crippen LogP contribution in [0.3, 0.4) is 0 Å². The Hall–Kier alpha value is -1.73. The molecular weight excluding hydrogens is 306 g/mol. The highest BCUT2D eigenvalue weighted by Gasteiger charge is 2.39. The first-order chi connectivity index (χ1) is 9.69. The van der Waals surface area contributed by atoms with E-state index in [0.29, 0.717) is 5.02 Å². The van der Waals surface area contributed by atoms with Crippen LogP contribution in [0.5, 0.6) is 0 Å². The van der Waals surface area contributed by atoms with Crippen molar-refractivity contribution in [1.29, 1.82) is 0 Å². The summed E-state index contributed by atoms with van der Waals surface area (Å²) in [6, 6.07) is 5.78. The van der Waals surface area contributed by atoms with Gasteiger partial charge in [-0.3, -0.25) is 4.79 Å². The van der Waals surface area contributed by atoms with Gasteiger partial charge in [0.25, 0.3) is 0 Å². The molecule has 6 nitrogen and oxygen atoms in total. The molecule has 1 aromatic carbocycles. The molecule has 1 aromatic rings. The summed E-state index contributed by atoms with van der Waals surface area (Å²) in [7, 11) is -3.95. The molecule has 20 heavy (non-hydrogen) atoms. The molecule has 8 heteroatoms. The largest absolute Gasteiger partial charge is 0.460 e. The maximum absolute atomic E-state index is 12.2. The number of benzene rings is 1. The van der Waals surface area contributed by atoms with E-state index >= 15 is 0 Å². The standard InChI is InChI=1S/C12H12ClNO5S/c1-2-20(16,17)19-11-9(15)10(18-12(11)14)7-3-5-8(13)6-4-7/h3-6,10H,2,14H2,1H3/t10-/m1/s1/i10D. The number of rotatable bonds is 4. The van der Waals surface area contributed by atoms with Crippen molar-refractivity contribution in [2.45, 2.75) is 13.0 Å². The van der Waals surface area contributed by atoms with Crippen LogP contribution in [0.4, 0.5) is 0 Å². The summed E-state index contributed by atoms with van der Waals surface area (Å²) in [5.74, 6) is -2.55. The number of carbonyl (C=O) groups is 1. The Morgan fingerprint density at radius 2 is 2.05 bits per heavy atom. The average Bonchev–Trinajstić information content (AvgIpc) is 2.64. The summed E-state index contributed by atoms with van der Waals surface area (Å²) in [4.78, 5) is 12.2. The number of halogens is 1. The predicted octanol–water partition coefficient (Wildman–Crippen LogP) is 1.47. The van der Waals surface area contributed by atoms with Crippen LogP contribution in [-0.4, -0.2) is 20.0 Å². The first kappa shape index (κ1) is 13.3. The van der Waals surface area contributed by atoms with E-state index in [2.05, 4.69) is 4.18 Å². The highest BCUT2D eigenvalue weighted by Crippen LogP contribution is 2.32. The van der Waals surface area contributed by atoms with E-state index in [0.717, 1.165) is 0 Å². The third kappa shape index (κ3) is 2.88. The molecule has 0 bridgehead atoms. The lowest BCUT2D eigenvalue weighted by atomic mass is 10.1. The van der Waals surface area contributed by atoms with Crippen molar-refractivity contribution in [3.05, 3.63) is 46.5 Å². The molecule has 1 aliphatic rings. The first-order valence-corrected chi connectivity index (χ1v) is 7.57. The van der Waals surface area contributed by atoms with Gasteiger partial charge in [0.05, 0.1) is 7.12 Å². The average molecular weight is 319 g/mol. The minimum Gasteiger partial charge on any atom is -0.460 e. The lowest BCUT2D eigenvalue weighted by Crippen LogP contribution is -2.16. The van der Waals surface area contributed by atoms with Crippen LogP contribution in [0.15, 0.2) is 35.9 Å². The van der Waals surface area contributed by atoms with Crippen molar-refractivity contribution < 1.29 is 23.5 Å². The molecule has 0 fully saturated rings. The summed E-state index contributed by atoms with van der Waals surface area (Å²) >= 11 is 5.74. The summed E-state index contributed by atoms with van der Waals surface area (Å²) in [5.41, 5.74) is 5.63. The summed E-state index contributed by atoms with van der Waals surface area (Å²) in [6.07, 6.45) is -2.19. The zero-order chi connectivity index (χ0) is 15.8. The second kappa shape index (κ2) is 5.34. The van der Waals surface area contributed by atoms with E-state index in [1.165, 1.54) is 31.2 Å². The van der Waals surface area contributed by atoms with Crippen molar-refractivity contribution in [2.24, 2.45) is 5.73 Å². The lowest BCUT2D eigenvalue weighted by Gasteiger charge is -2.09. The Morgan fingerprint density at radius 3 is 2.60 bits per heavy atom. The monoisotopic (exact) mass is 318 g/mol. The quantitative estimate of drug-likeness (QED) is 0.845. The van der Waals surface area contributed by atoms with E-state index in [1.54, 1.807) is 0 Å². The molecule has 0 spiro atoms. The SMILES string of the molecule is [2H][C@]1(c2ccc(Cl)cc2)OC(N)=C(OS(=O)(=O)CC)C1=O. The van der Waals surface area contributed by atoms with Gasteiger partial charge in [-0.15, -0.1) is 0 Å². The van der Waals surface area contributed by atoms with Crippen LogP contribution in [0.2, 0.25) is 5.02 Å². The van der Waals surface area contributed by atoms with Crippen LogP contribution in [-0.2, 0) is 23.8 Å². The molecule has 2 N–H and O–H groups in total. The van der Waals surface area contributed by atoms with E-state index in [1.807, 2.05) is 0 Å². The van der Waals surface area contributed by atoms with Gasteiger partial charge in [-0.1, -0.05) is 23.7 Å². The van der Waals surface area contributed by atoms with E-state index in [4.69, 9.17) is 23.4 Å². The predicted molar refractivity (Wildman–Crippen MR) is 72.0 cm³/mol. The molecule has 0 saturated heterocycles. The van der Waals surface area contributed by atoms with Gasteiger partial charge in [0, 0.05) is 10.6 Å². The Kier molecular flexibility index (Phi) is 3.54. The van der Waals surface area contributed by atoms with Crippen molar-refractivity contribution in [1.82, 2.24) is 0 Å². The number of hydrogen-bond acceptors (Lipinski definition) is 6. The minimum atomic E-state index is -3.95. The number of ketones is 1. The highest BCUT2D eigenvalue weighted by atomic mass is 35.5. The molecule has 108 valence electrons. The smallest absolute Gasteiger partial charge is 0.309 e. The molecule has 0 aromatic heterocycles. The van der Waals surface area contributed by atoms with Crippen molar-refractivity contribution >= 4 is 27.5 Å². The second-order valence-corrected chi connectivity index (χ2v) is 6.19. The summed E-state index contributed by atoms with van der Waals surface area (Å²) in [5, 5.41) is 0.416. The van der Waals surface area contributed by atoms with Crippen LogP contribution >= 0.6 is 11.6 Å². The summed E-state index contributed by atoms with van der Waals surface area (Å²) in [6.45, 7) is 1.35. The molecule has 0 amide bonds. The topological polar surface area (TPSA) is 95.7 Å². The Balaban J connectivity index is 2.36. The second-order valence-electron chi connectivity index (χ2n) is 3.89. The van der Waals surface area contributed by atoms with Crippen LogP contribution in [0.1, 0.15) is 19.9 Å². The van der Waals surface area contributed by atoms with Crippen molar-refractivity contribution in [3.8, 4) is 0 Å². The third-order valence-electron chi connectivity index (χ3n) is 2.52. The normalized spacial score (nSPS) is 23.5. The maximum Gasteiger partial charge on any atom is 0.309 e. The highest BCUT2D eigenvalue weighted by molar-refractivity contribution is 7.86. The van der Waals surface area contributed by atoms with E-state index in [9.17, 15) is 13.2 Å². The molecule has 0 unspecified atom stereocenters. The van der Waals surface area contributed by atoms with Gasteiger partial charge in [0.1, 0.15) is 0 Å². The summed E-state index contributed by atoms with van der Waals surface area (Å²) < 4.78 is 40.6. The lowest BCUT2D eigenvalue weighted by molar-refractivity contribution is -0.123. The molecule has 0 radical (unpaired) electrons. The van der Waals surface area contributed by atoms with Crippen LogP contribution < -0.4 is 5.73 Å². The fourth-order valence-corrected chi connectivity index (χ4v) is 2.13. The minimum absolute atomic E-state index is 0.160. The third-order valence-corrected chi connectivity index (χ3v) is 3.90. The van der Waals surface area contributed by atoms with Crippen LogP contribution in [0.25, 0.3) is 0 Å². The van der Waals surface area contributed by atoms with E-state index < -0.39 is 33.6 Å². The Bertz CT molecular complexity index is 716. The number of nitrogens with two attached hydrogens (primary N) is 1. The van der Waals surface area contributed by atoms with Crippen LogP contribution in [0, 0.1) is 0 Å². The fraction of sp³-hybridized carbons (Fsp3) is 0.250. The Labute approximate surface area is 122 Å². The van der Waals surface area contributed by atoms with Gasteiger partial charge in [-0.2, -0.15) is 8.42 Å². The number of hydrogen-bond donors (Lipinski definition) is 1. The molecule has 0 saturated carbocycles. The van der Waals surface area contributed by atoms with Crippen molar-refractivity contribution in [3.63, 3.8) is 0 Å². The number of carbonyl (C=O) groups excluding carboxylic acids is 1. The molecule has 2 rings (SSSR count). The van der Waals surface area contributed by atoms with E-state index in [-0.39, 0.29) is 11.3 Å². The zero-order valence-corrected chi connectivity index (χ0v) is 12.0.